The first kappa shape index (κ1) is 26.2. The van der Waals surface area contributed by atoms with Crippen molar-refractivity contribution in [3.63, 3.8) is 0 Å². The molecule has 178 valence electrons. The number of nitrogens with zero attached hydrogens (tertiary/aromatic N) is 1. The monoisotopic (exact) mass is 447 g/mol. The molecule has 3 N–H and O–H groups in total. The maximum absolute atomic E-state index is 12.5. The van der Waals surface area contributed by atoms with Crippen LogP contribution >= 0.6 is 0 Å². The number of rotatable bonds is 15. The van der Waals surface area contributed by atoms with E-state index in [1.807, 2.05) is 30.3 Å². The average molecular weight is 448 g/mol. The number of carbonyl (C=O) groups is 1. The summed E-state index contributed by atoms with van der Waals surface area (Å²) in [7, 11) is 0. The number of amides is 1. The van der Waals surface area contributed by atoms with Gasteiger partial charge >= 0.3 is 0 Å². The van der Waals surface area contributed by atoms with Crippen molar-refractivity contribution in [3.05, 3.63) is 78.0 Å². The second-order valence-corrected chi connectivity index (χ2v) is 8.55. The third kappa shape index (κ3) is 9.56. The Morgan fingerprint density at radius 3 is 2.18 bits per heavy atom. The van der Waals surface area contributed by atoms with Gasteiger partial charge in [-0.25, -0.2) is 0 Å². The Morgan fingerprint density at radius 2 is 1.61 bits per heavy atom. The number of nitrogens with one attached hydrogen (secondary N) is 1. The van der Waals surface area contributed by atoms with Crippen LogP contribution < -0.4 is 16.0 Å². The molecule has 4 heteroatoms. The molecular weight excluding hydrogens is 406 g/mol. The number of hydrogen-bond donors (Lipinski definition) is 2. The third-order valence-electron chi connectivity index (χ3n) is 5.82. The highest BCUT2D eigenvalue weighted by Crippen LogP contribution is 2.19. The highest BCUT2D eigenvalue weighted by molar-refractivity contribution is 5.81. The van der Waals surface area contributed by atoms with Crippen molar-refractivity contribution < 1.29 is 4.79 Å². The molecule has 0 aliphatic carbocycles. The maximum atomic E-state index is 12.5. The van der Waals surface area contributed by atoms with Gasteiger partial charge in [-0.3, -0.25) is 4.79 Å². The van der Waals surface area contributed by atoms with Gasteiger partial charge in [0.2, 0.25) is 5.91 Å². The molecule has 0 aliphatic rings. The number of carbonyl (C=O) groups excluding carboxylic acids is 1. The minimum absolute atomic E-state index is 0.0273. The van der Waals surface area contributed by atoms with E-state index >= 15 is 0 Å². The largest absolute Gasteiger partial charge is 0.398 e. The highest BCUT2D eigenvalue weighted by atomic mass is 16.1. The van der Waals surface area contributed by atoms with Gasteiger partial charge in [-0.15, -0.1) is 0 Å². The summed E-state index contributed by atoms with van der Waals surface area (Å²) < 4.78 is 0. The number of unbranched alkanes of at least 4 members (excludes halogenated alkanes) is 4. The number of para-hydroxylation sites is 1. The van der Waals surface area contributed by atoms with E-state index in [0.29, 0.717) is 24.2 Å². The molecule has 0 unspecified atom stereocenters. The molecule has 2 aromatic carbocycles. The van der Waals surface area contributed by atoms with Crippen molar-refractivity contribution in [3.8, 4) is 0 Å². The summed E-state index contributed by atoms with van der Waals surface area (Å²) in [5, 5.41) is 2.94. The van der Waals surface area contributed by atoms with Gasteiger partial charge in [0, 0.05) is 36.6 Å². The van der Waals surface area contributed by atoms with E-state index in [1.165, 1.54) is 49.8 Å². The first-order chi connectivity index (χ1) is 16.1. The minimum Gasteiger partial charge on any atom is -0.398 e. The molecule has 4 nitrogen and oxygen atoms in total. The summed E-state index contributed by atoms with van der Waals surface area (Å²) in [6.45, 7) is 10.5. The lowest BCUT2D eigenvalue weighted by molar-refractivity contribution is -0.120. The summed E-state index contributed by atoms with van der Waals surface area (Å²) in [5.74, 6) is -0.0273. The number of allylic oxidation sites excluding steroid dienone is 1. The van der Waals surface area contributed by atoms with Crippen LogP contribution in [-0.2, 0) is 11.2 Å². The van der Waals surface area contributed by atoms with E-state index in [-0.39, 0.29) is 5.91 Å². The van der Waals surface area contributed by atoms with Crippen LogP contribution in [0.5, 0.6) is 0 Å². The number of nitrogen functional groups attached to an aromatic ring is 1. The summed E-state index contributed by atoms with van der Waals surface area (Å²) in [6.07, 6.45) is 12.1. The van der Waals surface area contributed by atoms with Gasteiger partial charge in [0.15, 0.2) is 0 Å². The van der Waals surface area contributed by atoms with Gasteiger partial charge in [0.25, 0.3) is 0 Å². The first-order valence-electron chi connectivity index (χ1n) is 12.4. The molecule has 0 atom stereocenters. The van der Waals surface area contributed by atoms with E-state index in [1.54, 1.807) is 6.08 Å². The molecule has 0 fully saturated rings. The van der Waals surface area contributed by atoms with E-state index in [0.717, 1.165) is 18.7 Å². The lowest BCUT2D eigenvalue weighted by Gasteiger charge is -2.25. The van der Waals surface area contributed by atoms with Gasteiger partial charge in [-0.2, -0.15) is 0 Å². The van der Waals surface area contributed by atoms with Gasteiger partial charge in [0.1, 0.15) is 0 Å². The smallest absolute Gasteiger partial charge is 0.224 e. The number of nitrogens with two attached hydrogens (primary N) is 1. The highest BCUT2D eigenvalue weighted by Gasteiger charge is 2.08. The van der Waals surface area contributed by atoms with E-state index in [2.05, 4.69) is 54.9 Å². The molecule has 0 bridgehead atoms. The van der Waals surface area contributed by atoms with Crippen LogP contribution in [0.4, 0.5) is 11.4 Å². The SMILES string of the molecule is C=C/C(=C\c1ccccc1N)NC(=O)CCc1ccc(N(CCCCC)CCCCC)cc1. The second kappa shape index (κ2) is 14.9. The van der Waals surface area contributed by atoms with Crippen molar-refractivity contribution in [2.24, 2.45) is 0 Å². The number of hydrogen-bond acceptors (Lipinski definition) is 3. The Morgan fingerprint density at radius 1 is 0.970 bits per heavy atom. The van der Waals surface area contributed by atoms with Gasteiger partial charge < -0.3 is 16.0 Å². The Hall–Kier alpha value is -3.01. The quantitative estimate of drug-likeness (QED) is 0.181. The Bertz CT molecular complexity index is 876. The third-order valence-corrected chi connectivity index (χ3v) is 5.82. The maximum Gasteiger partial charge on any atom is 0.224 e. The van der Waals surface area contributed by atoms with E-state index in [9.17, 15) is 4.79 Å². The zero-order valence-corrected chi connectivity index (χ0v) is 20.5. The predicted molar refractivity (Wildman–Crippen MR) is 143 cm³/mol. The lowest BCUT2D eigenvalue weighted by atomic mass is 10.1. The van der Waals surface area contributed by atoms with Gasteiger partial charge in [-0.05, 0) is 60.7 Å². The van der Waals surface area contributed by atoms with Crippen molar-refractivity contribution in [1.82, 2.24) is 5.32 Å². The zero-order valence-electron chi connectivity index (χ0n) is 20.5. The van der Waals surface area contributed by atoms with E-state index in [4.69, 9.17) is 5.73 Å². The van der Waals surface area contributed by atoms with Crippen LogP contribution in [-0.4, -0.2) is 19.0 Å². The lowest BCUT2D eigenvalue weighted by Crippen LogP contribution is -2.25. The van der Waals surface area contributed by atoms with Gasteiger partial charge in [0.05, 0.1) is 0 Å². The zero-order chi connectivity index (χ0) is 23.9. The summed E-state index contributed by atoms with van der Waals surface area (Å²) in [6, 6.07) is 16.3. The summed E-state index contributed by atoms with van der Waals surface area (Å²) in [5.41, 5.74) is 10.6. The Balaban J connectivity index is 1.91. The molecule has 0 saturated carbocycles. The fourth-order valence-electron chi connectivity index (χ4n) is 3.79. The van der Waals surface area contributed by atoms with Crippen LogP contribution in [0.15, 0.2) is 66.9 Å². The Labute approximate surface area is 200 Å². The normalized spacial score (nSPS) is 11.3. The number of anilines is 2. The molecule has 0 radical (unpaired) electrons. The molecule has 0 spiro atoms. The van der Waals surface area contributed by atoms with Crippen molar-refractivity contribution in [1.29, 1.82) is 0 Å². The molecule has 2 aromatic rings. The minimum atomic E-state index is -0.0273. The molecule has 0 aliphatic heterocycles. The number of aryl methyl sites for hydroxylation is 1. The molecule has 0 heterocycles. The summed E-state index contributed by atoms with van der Waals surface area (Å²) in [4.78, 5) is 15.0. The molecule has 0 aromatic heterocycles. The van der Waals surface area contributed by atoms with Crippen LogP contribution in [0.3, 0.4) is 0 Å². The van der Waals surface area contributed by atoms with Gasteiger partial charge in [-0.1, -0.05) is 76.4 Å². The van der Waals surface area contributed by atoms with Crippen molar-refractivity contribution >= 4 is 23.4 Å². The van der Waals surface area contributed by atoms with Crippen LogP contribution in [0.25, 0.3) is 6.08 Å². The summed E-state index contributed by atoms with van der Waals surface area (Å²) >= 11 is 0. The molecule has 0 saturated heterocycles. The van der Waals surface area contributed by atoms with Crippen molar-refractivity contribution in [2.75, 3.05) is 23.7 Å². The fraction of sp³-hybridized carbons (Fsp3) is 0.414. The molecule has 1 amide bonds. The topological polar surface area (TPSA) is 58.4 Å². The van der Waals surface area contributed by atoms with Crippen molar-refractivity contribution in [2.45, 2.75) is 65.2 Å². The van der Waals surface area contributed by atoms with Crippen LogP contribution in [0, 0.1) is 0 Å². The second-order valence-electron chi connectivity index (χ2n) is 8.55. The predicted octanol–water partition coefficient (Wildman–Crippen LogP) is 6.73. The molecular formula is C29H41N3O. The fourth-order valence-corrected chi connectivity index (χ4v) is 3.79. The van der Waals surface area contributed by atoms with Crippen LogP contribution in [0.2, 0.25) is 0 Å². The molecule has 2 rings (SSSR count). The standard InChI is InChI=1S/C29H41N3O/c1-4-7-11-21-32(22-12-8-5-2)27-18-15-24(16-19-27)17-20-29(33)31-26(6-3)23-25-13-9-10-14-28(25)30/h6,9-10,13-16,18-19,23H,3-5,7-8,11-12,17,20-22,30H2,1-2H3,(H,31,33)/b26-23+. The molecule has 33 heavy (non-hydrogen) atoms. The average Bonchev–Trinajstić information content (AvgIpc) is 2.83. The van der Waals surface area contributed by atoms with E-state index < -0.39 is 0 Å². The Kier molecular flexibility index (Phi) is 11.9. The first-order valence-corrected chi connectivity index (χ1v) is 12.4. The number of benzene rings is 2. The van der Waals surface area contributed by atoms with Crippen LogP contribution in [0.1, 0.15) is 69.9 Å².